The van der Waals surface area contributed by atoms with E-state index in [0.717, 1.165) is 10.5 Å². The van der Waals surface area contributed by atoms with Crippen molar-refractivity contribution in [2.45, 2.75) is 42.6 Å². The van der Waals surface area contributed by atoms with Crippen molar-refractivity contribution in [1.82, 2.24) is 10.2 Å². The fourth-order valence-electron chi connectivity index (χ4n) is 9.77. The van der Waals surface area contributed by atoms with Crippen LogP contribution in [0.15, 0.2) is 158 Å². The van der Waals surface area contributed by atoms with Gasteiger partial charge in [-0.2, -0.15) is 0 Å². The summed E-state index contributed by atoms with van der Waals surface area (Å²) in [5.74, 6) is 2.58. The number of imide groups is 1. The fourth-order valence-corrected chi connectivity index (χ4v) is 9.77. The first-order chi connectivity index (χ1) is 31.6. The van der Waals surface area contributed by atoms with E-state index in [-0.39, 0.29) is 24.5 Å². The zero-order valence-electron chi connectivity index (χ0n) is 35.5. The van der Waals surface area contributed by atoms with Gasteiger partial charge in [0.1, 0.15) is 41.6 Å². The van der Waals surface area contributed by atoms with Crippen LogP contribution in [0.5, 0.6) is 11.5 Å². The smallest absolute Gasteiger partial charge is 0.329 e. The third-order valence-electron chi connectivity index (χ3n) is 12.6. The molecule has 1 spiro atoms. The number of amides is 3. The molecule has 2 saturated heterocycles. The number of methoxy groups -OCH3 is 1. The summed E-state index contributed by atoms with van der Waals surface area (Å²) in [6.45, 7) is 1.60. The molecule has 12 heteroatoms. The number of nitrogens with zero attached hydrogens (tertiary/aromatic N) is 2. The quantitative estimate of drug-likeness (QED) is 0.0923. The van der Waals surface area contributed by atoms with E-state index in [9.17, 15) is 24.6 Å². The number of rotatable bonds is 10. The molecule has 0 unspecified atom stereocenters. The van der Waals surface area contributed by atoms with Gasteiger partial charge in [0, 0.05) is 11.1 Å². The Labute approximate surface area is 376 Å². The van der Waals surface area contributed by atoms with Crippen LogP contribution in [0.3, 0.4) is 0 Å². The number of aliphatic hydroxyl groups is 1. The van der Waals surface area contributed by atoms with Crippen molar-refractivity contribution in [3.63, 3.8) is 0 Å². The Morgan fingerprint density at radius 3 is 1.98 bits per heavy atom. The number of esters is 1. The lowest BCUT2D eigenvalue weighted by atomic mass is 9.65. The van der Waals surface area contributed by atoms with Crippen molar-refractivity contribution in [3.8, 4) is 23.3 Å². The van der Waals surface area contributed by atoms with Crippen molar-refractivity contribution < 1.29 is 43.6 Å². The van der Waals surface area contributed by atoms with Gasteiger partial charge in [0.25, 0.3) is 0 Å². The lowest BCUT2D eigenvalue weighted by molar-refractivity contribution is -0.179. The number of carbonyl (C=O) groups excluding carboxylic acids is 3. The normalized spacial score (nSPS) is 22.5. The number of hydrogen-bond acceptors (Lipinski definition) is 9. The Balaban J connectivity index is 1.30. The van der Waals surface area contributed by atoms with Gasteiger partial charge >= 0.3 is 18.0 Å². The van der Waals surface area contributed by atoms with Crippen LogP contribution >= 0.6 is 0 Å². The Morgan fingerprint density at radius 1 is 0.754 bits per heavy atom. The number of hydrogen-bond donors (Lipinski definition) is 3. The maximum Gasteiger partial charge on any atom is 0.329 e. The summed E-state index contributed by atoms with van der Waals surface area (Å²) in [4.78, 5) is 63.1. The second kappa shape index (κ2) is 17.8. The van der Waals surface area contributed by atoms with Crippen molar-refractivity contribution >= 4 is 29.6 Å². The molecule has 3 heterocycles. The summed E-state index contributed by atoms with van der Waals surface area (Å²) in [7, 11) is 1.57. The molecule has 0 bridgehead atoms. The number of fused-ring (bicyclic) bond motifs is 3. The van der Waals surface area contributed by atoms with Gasteiger partial charge in [-0.3, -0.25) is 19.3 Å². The number of carbonyl (C=O) groups is 4. The van der Waals surface area contributed by atoms with Crippen LogP contribution in [0.1, 0.15) is 70.1 Å². The molecule has 12 nitrogen and oxygen atoms in total. The Morgan fingerprint density at radius 2 is 1.35 bits per heavy atom. The van der Waals surface area contributed by atoms with E-state index >= 15 is 4.79 Å². The molecule has 2 fully saturated rings. The number of nitrogens with one attached hydrogen (secondary N) is 1. The monoisotopic (exact) mass is 867 g/mol. The first-order valence-electron chi connectivity index (χ1n) is 21.3. The molecule has 65 heavy (non-hydrogen) atoms. The third kappa shape index (κ3) is 7.54. The molecule has 326 valence electrons. The van der Waals surface area contributed by atoms with Crippen LogP contribution in [0, 0.1) is 17.8 Å². The highest BCUT2D eigenvalue weighted by Gasteiger charge is 2.76. The summed E-state index contributed by atoms with van der Waals surface area (Å²) in [5.41, 5.74) is 2.00. The number of morpholine rings is 1. The molecule has 3 N–H and O–H groups in total. The second-order valence-corrected chi connectivity index (χ2v) is 16.2. The van der Waals surface area contributed by atoms with Crippen LogP contribution in [0.4, 0.5) is 10.5 Å². The topological polar surface area (TPSA) is 155 Å². The number of cyclic esters (lactones) is 1. The maximum absolute atomic E-state index is 16.2. The molecule has 3 aliphatic rings. The molecule has 3 amide bonds. The molecular weight excluding hydrogens is 823 g/mol. The minimum Gasteiger partial charge on any atom is -0.497 e. The van der Waals surface area contributed by atoms with Gasteiger partial charge in [-0.1, -0.05) is 115 Å². The number of ether oxygens (including phenoxy) is 3. The van der Waals surface area contributed by atoms with Crippen molar-refractivity contribution in [3.05, 3.63) is 197 Å². The van der Waals surface area contributed by atoms with Crippen LogP contribution in [-0.2, 0) is 24.5 Å². The second-order valence-electron chi connectivity index (χ2n) is 16.2. The minimum atomic E-state index is -2.14. The number of anilines is 1. The molecule has 9 rings (SSSR count). The first-order valence-corrected chi connectivity index (χ1v) is 21.3. The highest BCUT2D eigenvalue weighted by molar-refractivity contribution is 6.24. The number of carboxylic acids is 1. The van der Waals surface area contributed by atoms with E-state index in [0.29, 0.717) is 39.3 Å². The van der Waals surface area contributed by atoms with E-state index < -0.39 is 65.5 Å². The van der Waals surface area contributed by atoms with Crippen LogP contribution in [-0.4, -0.2) is 65.4 Å². The van der Waals surface area contributed by atoms with E-state index in [1.165, 1.54) is 0 Å². The molecule has 6 aromatic carbocycles. The highest BCUT2D eigenvalue weighted by atomic mass is 16.6. The average Bonchev–Trinajstić information content (AvgIpc) is 3.80. The van der Waals surface area contributed by atoms with Gasteiger partial charge in [0.15, 0.2) is 0 Å². The van der Waals surface area contributed by atoms with Crippen LogP contribution in [0.2, 0.25) is 0 Å². The lowest BCUT2D eigenvalue weighted by Gasteiger charge is -2.46. The summed E-state index contributed by atoms with van der Waals surface area (Å²) in [5, 5.41) is 24.2. The predicted octanol–water partition coefficient (Wildman–Crippen LogP) is 7.69. The van der Waals surface area contributed by atoms with E-state index in [1.807, 2.05) is 108 Å². The fraction of sp³-hybridized carbons (Fsp3) is 0.208. The number of benzene rings is 6. The summed E-state index contributed by atoms with van der Waals surface area (Å²) in [6, 6.07) is 42.0. The molecule has 6 aromatic rings. The van der Waals surface area contributed by atoms with E-state index in [4.69, 9.17) is 14.2 Å². The van der Waals surface area contributed by atoms with E-state index in [2.05, 4.69) is 17.2 Å². The molecule has 0 radical (unpaired) electrons. The molecule has 0 aliphatic carbocycles. The summed E-state index contributed by atoms with van der Waals surface area (Å²) < 4.78 is 17.5. The zero-order chi connectivity index (χ0) is 45.2. The van der Waals surface area contributed by atoms with Gasteiger partial charge in [0.05, 0.1) is 37.5 Å². The highest BCUT2D eigenvalue weighted by Crippen LogP contribution is 2.66. The van der Waals surface area contributed by atoms with Gasteiger partial charge in [0.2, 0.25) is 5.91 Å². The standard InChI is InChI=1S/C53H45N3O9/c1-33(36-12-6-3-7-13-36)54-52(62)55-43-29-22-35(19-18-34-20-25-40(63-2)26-21-34)32-42(43)53(51(55)61)44(49(58)59)46-50(60)65-47(38-16-10-5-11-17-38)45(37-14-8-4-9-15-37)56(46)48(53)39-23-27-41(28-24-39)64-31-30-57/h3-17,20-29,32-33,44-48,57H,30-31H2,1-2H3,(H,54,62)(H,58,59)/t33-,44+,45+,46+,47-,48-,53+/m1/s1. The Kier molecular flexibility index (Phi) is 11.7. The predicted molar refractivity (Wildman–Crippen MR) is 241 cm³/mol. The zero-order valence-corrected chi connectivity index (χ0v) is 35.5. The average molecular weight is 868 g/mol. The molecular formula is C53H45N3O9. The van der Waals surface area contributed by atoms with Crippen LogP contribution < -0.4 is 19.7 Å². The molecule has 7 atom stereocenters. The SMILES string of the molecule is COc1ccc(C#Cc2ccc3c(c2)[C@]2(C(=O)N3C(=O)N[C@H](C)c3ccccc3)[C@H](C(=O)O)[C@H]3C(=O)O[C@H](c4ccccc4)[C@H](c4ccccc4)N3[C@@H]2c2ccc(OCCO)cc2)cc1. The van der Waals surface area contributed by atoms with Gasteiger partial charge in [-0.15, -0.1) is 0 Å². The largest absolute Gasteiger partial charge is 0.497 e. The van der Waals surface area contributed by atoms with Gasteiger partial charge in [-0.05, 0) is 89.3 Å². The first kappa shape index (κ1) is 42.6. The third-order valence-corrected chi connectivity index (χ3v) is 12.6. The van der Waals surface area contributed by atoms with E-state index in [1.54, 1.807) is 68.6 Å². The van der Waals surface area contributed by atoms with Crippen molar-refractivity contribution in [2.75, 3.05) is 25.2 Å². The Bertz CT molecular complexity index is 2790. The minimum absolute atomic E-state index is 0.0281. The number of aliphatic carboxylic acids is 1. The summed E-state index contributed by atoms with van der Waals surface area (Å²) in [6.07, 6.45) is -0.939. The number of carboxylic acid groups (broad SMARTS) is 1. The maximum atomic E-state index is 16.2. The molecule has 0 saturated carbocycles. The van der Waals surface area contributed by atoms with Crippen molar-refractivity contribution in [1.29, 1.82) is 0 Å². The van der Waals surface area contributed by atoms with Gasteiger partial charge in [-0.25, -0.2) is 9.69 Å². The van der Waals surface area contributed by atoms with Crippen molar-refractivity contribution in [2.24, 2.45) is 5.92 Å². The number of urea groups is 1. The van der Waals surface area contributed by atoms with Gasteiger partial charge < -0.3 is 29.7 Å². The Hall–Kier alpha value is -7.72. The lowest BCUT2D eigenvalue weighted by Crippen LogP contribution is -2.54. The molecule has 3 aliphatic heterocycles. The summed E-state index contributed by atoms with van der Waals surface area (Å²) >= 11 is 0. The molecule has 0 aromatic heterocycles. The number of aliphatic hydroxyl groups excluding tert-OH is 1. The van der Waals surface area contributed by atoms with Crippen LogP contribution in [0.25, 0.3) is 0 Å².